The van der Waals surface area contributed by atoms with Crippen LogP contribution < -0.4 is 20.1 Å². The molecule has 0 atom stereocenters. The first-order valence-corrected chi connectivity index (χ1v) is 8.47. The number of carbonyl (C=O) groups excluding carboxylic acids is 2. The molecule has 1 amide bonds. The van der Waals surface area contributed by atoms with Crippen molar-refractivity contribution in [1.82, 2.24) is 5.32 Å². The normalized spacial score (nSPS) is 10.3. The number of anilines is 1. The number of amides is 1. The highest BCUT2D eigenvalue weighted by Gasteiger charge is 2.05. The molecular weight excluding hydrogens is 364 g/mol. The maximum Gasteiger partial charge on any atom is 0.250 e. The van der Waals surface area contributed by atoms with Gasteiger partial charge in [0.25, 0.3) is 0 Å². The predicted molar refractivity (Wildman–Crippen MR) is 109 cm³/mol. The minimum absolute atomic E-state index is 0.0496. The van der Waals surface area contributed by atoms with Gasteiger partial charge in [-0.15, -0.1) is 0 Å². The number of Topliss-reactive ketones (excluding diaryl/α,β-unsaturated/α-hetero) is 1. The van der Waals surface area contributed by atoms with Crippen LogP contribution in [0.5, 0.6) is 11.5 Å². The van der Waals surface area contributed by atoms with Gasteiger partial charge in [-0.25, -0.2) is 0 Å². The van der Waals surface area contributed by atoms with Crippen molar-refractivity contribution in [2.24, 2.45) is 0 Å². The van der Waals surface area contributed by atoms with Crippen LogP contribution in [0.2, 0.25) is 0 Å². The van der Waals surface area contributed by atoms with E-state index in [9.17, 15) is 9.59 Å². The first-order chi connectivity index (χ1) is 12.9. The van der Waals surface area contributed by atoms with Crippen LogP contribution in [0.15, 0.2) is 48.5 Å². The molecule has 0 fully saturated rings. The summed E-state index contributed by atoms with van der Waals surface area (Å²) in [4.78, 5) is 23.4. The molecule has 0 aliphatic carbocycles. The maximum atomic E-state index is 12.0. The molecule has 0 aliphatic rings. The lowest BCUT2D eigenvalue weighted by atomic mass is 10.1. The van der Waals surface area contributed by atoms with Crippen LogP contribution in [0.3, 0.4) is 0 Å². The number of rotatable bonds is 6. The second-order valence-electron chi connectivity index (χ2n) is 5.53. The molecular formula is C20H20N2O4S. The Balaban J connectivity index is 1.97. The Labute approximate surface area is 163 Å². The van der Waals surface area contributed by atoms with Crippen molar-refractivity contribution in [2.75, 3.05) is 19.5 Å². The number of thiocarbonyl (C=S) groups is 1. The fourth-order valence-corrected chi connectivity index (χ4v) is 2.48. The molecule has 0 aliphatic heterocycles. The number of methoxy groups -OCH3 is 2. The zero-order valence-corrected chi connectivity index (χ0v) is 16.1. The standard InChI is InChI=1S/C20H20N2O4S/c1-13(23)15-5-4-6-16(12-15)21-20(27)22-19(24)10-8-14-7-9-17(25-2)18(11-14)26-3/h4-12H,1-3H3,(H2,21,22,24,27)/b10-8+. The smallest absolute Gasteiger partial charge is 0.250 e. The Hall–Kier alpha value is -3.19. The molecule has 0 radical (unpaired) electrons. The van der Waals surface area contributed by atoms with E-state index in [1.54, 1.807) is 62.8 Å². The van der Waals surface area contributed by atoms with Gasteiger partial charge in [0.2, 0.25) is 5.91 Å². The second kappa shape index (κ2) is 9.49. The summed E-state index contributed by atoms with van der Waals surface area (Å²) in [5.41, 5.74) is 1.95. The third-order valence-electron chi connectivity index (χ3n) is 3.60. The molecule has 0 aromatic heterocycles. The lowest BCUT2D eigenvalue weighted by molar-refractivity contribution is -0.115. The van der Waals surface area contributed by atoms with Gasteiger partial charge in [0.1, 0.15) is 0 Å². The first-order valence-electron chi connectivity index (χ1n) is 8.06. The average molecular weight is 384 g/mol. The SMILES string of the molecule is COc1ccc(/C=C/C(=O)NC(=S)Nc2cccc(C(C)=O)c2)cc1OC. The third kappa shape index (κ3) is 5.93. The molecule has 0 unspecified atom stereocenters. The van der Waals surface area contributed by atoms with Crippen molar-refractivity contribution in [3.8, 4) is 11.5 Å². The number of hydrogen-bond donors (Lipinski definition) is 2. The lowest BCUT2D eigenvalue weighted by Crippen LogP contribution is -2.32. The summed E-state index contributed by atoms with van der Waals surface area (Å²) in [5.74, 6) is 0.747. The van der Waals surface area contributed by atoms with E-state index in [1.165, 1.54) is 13.0 Å². The van der Waals surface area contributed by atoms with Gasteiger partial charge in [-0.2, -0.15) is 0 Å². The van der Waals surface area contributed by atoms with E-state index in [-0.39, 0.29) is 16.8 Å². The fraction of sp³-hybridized carbons (Fsp3) is 0.150. The molecule has 27 heavy (non-hydrogen) atoms. The summed E-state index contributed by atoms with van der Waals surface area (Å²) in [6.45, 7) is 1.48. The molecule has 2 rings (SSSR count). The second-order valence-corrected chi connectivity index (χ2v) is 5.94. The maximum absolute atomic E-state index is 12.0. The summed E-state index contributed by atoms with van der Waals surface area (Å²) >= 11 is 5.13. The molecule has 2 N–H and O–H groups in total. The van der Waals surface area contributed by atoms with Crippen LogP contribution in [-0.2, 0) is 4.79 Å². The van der Waals surface area contributed by atoms with Gasteiger partial charge in [-0.3, -0.25) is 14.9 Å². The van der Waals surface area contributed by atoms with Gasteiger partial charge < -0.3 is 14.8 Å². The summed E-state index contributed by atoms with van der Waals surface area (Å²) < 4.78 is 10.4. The summed E-state index contributed by atoms with van der Waals surface area (Å²) in [6.07, 6.45) is 3.00. The van der Waals surface area contributed by atoms with Gasteiger partial charge >= 0.3 is 0 Å². The summed E-state index contributed by atoms with van der Waals surface area (Å²) in [6, 6.07) is 12.2. The molecule has 0 saturated heterocycles. The number of benzene rings is 2. The Morgan fingerprint density at radius 3 is 2.44 bits per heavy atom. The first kappa shape index (κ1) is 20.1. The zero-order chi connectivity index (χ0) is 19.8. The molecule has 140 valence electrons. The molecule has 2 aromatic carbocycles. The van der Waals surface area contributed by atoms with Crippen molar-refractivity contribution >= 4 is 40.8 Å². The third-order valence-corrected chi connectivity index (χ3v) is 3.80. The van der Waals surface area contributed by atoms with Gasteiger partial charge in [0.05, 0.1) is 14.2 Å². The minimum atomic E-state index is -0.384. The molecule has 2 aromatic rings. The van der Waals surface area contributed by atoms with E-state index in [1.807, 2.05) is 0 Å². The van der Waals surface area contributed by atoms with Crippen molar-refractivity contribution in [3.63, 3.8) is 0 Å². The molecule has 0 heterocycles. The van der Waals surface area contributed by atoms with E-state index in [0.717, 1.165) is 5.56 Å². The number of carbonyl (C=O) groups is 2. The molecule has 0 spiro atoms. The monoisotopic (exact) mass is 384 g/mol. The van der Waals surface area contributed by atoms with Gasteiger partial charge in [0.15, 0.2) is 22.4 Å². The van der Waals surface area contributed by atoms with Crippen molar-refractivity contribution < 1.29 is 19.1 Å². The zero-order valence-electron chi connectivity index (χ0n) is 15.2. The highest BCUT2D eigenvalue weighted by molar-refractivity contribution is 7.80. The van der Waals surface area contributed by atoms with Crippen molar-refractivity contribution in [2.45, 2.75) is 6.92 Å². The van der Waals surface area contributed by atoms with E-state index >= 15 is 0 Å². The molecule has 6 nitrogen and oxygen atoms in total. The minimum Gasteiger partial charge on any atom is -0.493 e. The van der Waals surface area contributed by atoms with E-state index < -0.39 is 0 Å². The number of hydrogen-bond acceptors (Lipinski definition) is 5. The van der Waals surface area contributed by atoms with Gasteiger partial charge in [0, 0.05) is 17.3 Å². The molecule has 0 saturated carbocycles. The van der Waals surface area contributed by atoms with Crippen LogP contribution in [0.1, 0.15) is 22.8 Å². The Morgan fingerprint density at radius 2 is 1.78 bits per heavy atom. The summed E-state index contributed by atoms with van der Waals surface area (Å²) in [5, 5.41) is 5.57. The largest absolute Gasteiger partial charge is 0.493 e. The van der Waals surface area contributed by atoms with E-state index in [2.05, 4.69) is 10.6 Å². The fourth-order valence-electron chi connectivity index (χ4n) is 2.26. The van der Waals surface area contributed by atoms with Crippen LogP contribution in [-0.4, -0.2) is 31.0 Å². The highest BCUT2D eigenvalue weighted by atomic mass is 32.1. The Bertz CT molecular complexity index is 893. The quantitative estimate of drug-likeness (QED) is 0.451. The van der Waals surface area contributed by atoms with Crippen molar-refractivity contribution in [1.29, 1.82) is 0 Å². The van der Waals surface area contributed by atoms with E-state index in [4.69, 9.17) is 21.7 Å². The number of ketones is 1. The Morgan fingerprint density at radius 1 is 1.04 bits per heavy atom. The lowest BCUT2D eigenvalue weighted by Gasteiger charge is -2.09. The van der Waals surface area contributed by atoms with Crippen LogP contribution in [0.4, 0.5) is 5.69 Å². The Kier molecular flexibility index (Phi) is 7.08. The molecule has 0 bridgehead atoms. The highest BCUT2D eigenvalue weighted by Crippen LogP contribution is 2.27. The average Bonchev–Trinajstić information content (AvgIpc) is 2.66. The van der Waals surface area contributed by atoms with Crippen molar-refractivity contribution in [3.05, 3.63) is 59.7 Å². The topological polar surface area (TPSA) is 76.7 Å². The molecule has 7 heteroatoms. The van der Waals surface area contributed by atoms with E-state index in [0.29, 0.717) is 22.7 Å². The van der Waals surface area contributed by atoms with Crippen LogP contribution in [0, 0.1) is 0 Å². The number of nitrogens with one attached hydrogen (secondary N) is 2. The van der Waals surface area contributed by atoms with Crippen LogP contribution in [0.25, 0.3) is 6.08 Å². The summed E-state index contributed by atoms with van der Waals surface area (Å²) in [7, 11) is 3.10. The van der Waals surface area contributed by atoms with Crippen LogP contribution >= 0.6 is 12.2 Å². The van der Waals surface area contributed by atoms with Gasteiger partial charge in [-0.1, -0.05) is 18.2 Å². The predicted octanol–water partition coefficient (Wildman–Crippen LogP) is 3.43. The van der Waals surface area contributed by atoms with Gasteiger partial charge in [-0.05, 0) is 55.0 Å². The number of ether oxygens (including phenoxy) is 2.